The highest BCUT2D eigenvalue weighted by atomic mass is 32.1. The summed E-state index contributed by atoms with van der Waals surface area (Å²) in [7, 11) is 0. The van der Waals surface area contributed by atoms with Crippen molar-refractivity contribution in [1.29, 1.82) is 0 Å². The van der Waals surface area contributed by atoms with Gasteiger partial charge in [-0.3, -0.25) is 14.2 Å². The van der Waals surface area contributed by atoms with Gasteiger partial charge >= 0.3 is 0 Å². The van der Waals surface area contributed by atoms with E-state index in [1.807, 2.05) is 39.0 Å². The molecule has 1 N–H and O–H groups in total. The van der Waals surface area contributed by atoms with Crippen LogP contribution >= 0.6 is 11.3 Å². The topological polar surface area (TPSA) is 77.1 Å². The van der Waals surface area contributed by atoms with Crippen LogP contribution in [0.15, 0.2) is 45.9 Å². The van der Waals surface area contributed by atoms with Crippen LogP contribution in [0.25, 0.3) is 22.1 Å². The summed E-state index contributed by atoms with van der Waals surface area (Å²) in [5.41, 5.74) is 2.04. The number of para-hydroxylation sites is 1. The predicted molar refractivity (Wildman–Crippen MR) is 106 cm³/mol. The van der Waals surface area contributed by atoms with Gasteiger partial charge in [0, 0.05) is 15.1 Å². The molecule has 7 heteroatoms. The number of furan rings is 1. The normalized spacial score (nSPS) is 12.6. The van der Waals surface area contributed by atoms with Crippen molar-refractivity contribution in [3.05, 3.63) is 62.3 Å². The van der Waals surface area contributed by atoms with E-state index in [1.54, 1.807) is 17.4 Å². The standard InChI is InChI=1S/C20H19N3O3S/c1-11-8-15(13(3)27-11)12(2)22-17(24)9-23-10-21-18-14-6-4-5-7-16(14)26-19(18)20(23)25/h4-8,10,12H,9H2,1-3H3,(H,22,24). The molecular weight excluding hydrogens is 362 g/mol. The van der Waals surface area contributed by atoms with Crippen molar-refractivity contribution in [2.45, 2.75) is 33.4 Å². The minimum Gasteiger partial charge on any atom is -0.448 e. The zero-order chi connectivity index (χ0) is 19.1. The number of thiophene rings is 1. The fraction of sp³-hybridized carbons (Fsp3) is 0.250. The summed E-state index contributed by atoms with van der Waals surface area (Å²) in [5, 5.41) is 3.74. The number of carbonyl (C=O) groups is 1. The van der Waals surface area contributed by atoms with E-state index in [0.717, 1.165) is 10.9 Å². The lowest BCUT2D eigenvalue weighted by molar-refractivity contribution is -0.122. The Morgan fingerprint density at radius 1 is 1.33 bits per heavy atom. The van der Waals surface area contributed by atoms with Crippen molar-refractivity contribution < 1.29 is 9.21 Å². The molecule has 3 heterocycles. The lowest BCUT2D eigenvalue weighted by Crippen LogP contribution is -2.33. The largest absolute Gasteiger partial charge is 0.448 e. The number of nitrogens with one attached hydrogen (secondary N) is 1. The number of aromatic nitrogens is 2. The number of fused-ring (bicyclic) bond motifs is 3. The quantitative estimate of drug-likeness (QED) is 0.585. The number of rotatable bonds is 4. The number of carbonyl (C=O) groups excluding carboxylic acids is 1. The van der Waals surface area contributed by atoms with Crippen molar-refractivity contribution in [3.63, 3.8) is 0 Å². The minimum atomic E-state index is -0.360. The van der Waals surface area contributed by atoms with E-state index >= 15 is 0 Å². The van der Waals surface area contributed by atoms with Gasteiger partial charge in [0.15, 0.2) is 0 Å². The summed E-state index contributed by atoms with van der Waals surface area (Å²) >= 11 is 1.71. The Kier molecular flexibility index (Phi) is 4.31. The maximum Gasteiger partial charge on any atom is 0.297 e. The van der Waals surface area contributed by atoms with Gasteiger partial charge in [-0.1, -0.05) is 12.1 Å². The summed E-state index contributed by atoms with van der Waals surface area (Å²) in [5.74, 6) is -0.245. The molecule has 1 aromatic carbocycles. The first-order valence-electron chi connectivity index (χ1n) is 8.67. The zero-order valence-corrected chi connectivity index (χ0v) is 16.1. The molecular formula is C20H19N3O3S. The second kappa shape index (κ2) is 6.66. The Morgan fingerprint density at radius 2 is 2.11 bits per heavy atom. The van der Waals surface area contributed by atoms with Crippen LogP contribution in [0.3, 0.4) is 0 Å². The Balaban J connectivity index is 1.58. The van der Waals surface area contributed by atoms with Gasteiger partial charge in [-0.05, 0) is 44.5 Å². The molecule has 4 rings (SSSR count). The van der Waals surface area contributed by atoms with Crippen molar-refractivity contribution in [1.82, 2.24) is 14.9 Å². The van der Waals surface area contributed by atoms with Crippen LogP contribution in [0.5, 0.6) is 0 Å². The Hall–Kier alpha value is -2.93. The molecule has 1 unspecified atom stereocenters. The zero-order valence-electron chi connectivity index (χ0n) is 15.3. The monoisotopic (exact) mass is 381 g/mol. The second-order valence-electron chi connectivity index (χ2n) is 6.61. The molecule has 0 bridgehead atoms. The Morgan fingerprint density at radius 3 is 2.85 bits per heavy atom. The van der Waals surface area contributed by atoms with Crippen LogP contribution < -0.4 is 10.9 Å². The molecule has 0 aliphatic carbocycles. The maximum atomic E-state index is 12.7. The first-order chi connectivity index (χ1) is 12.9. The number of nitrogens with zero attached hydrogens (tertiary/aromatic N) is 2. The SMILES string of the molecule is Cc1cc(C(C)NC(=O)Cn2cnc3c(oc4ccccc43)c2=O)c(C)s1. The number of aryl methyl sites for hydroxylation is 2. The van der Waals surface area contributed by atoms with Gasteiger partial charge < -0.3 is 9.73 Å². The fourth-order valence-electron chi connectivity index (χ4n) is 3.33. The van der Waals surface area contributed by atoms with E-state index in [9.17, 15) is 9.59 Å². The third-order valence-corrected chi connectivity index (χ3v) is 5.57. The number of hydrogen-bond acceptors (Lipinski definition) is 5. The Labute approximate surface area is 159 Å². The number of amides is 1. The van der Waals surface area contributed by atoms with Gasteiger partial charge in [0.1, 0.15) is 17.6 Å². The molecule has 3 aromatic heterocycles. The number of benzene rings is 1. The van der Waals surface area contributed by atoms with Crippen LogP contribution in [-0.2, 0) is 11.3 Å². The highest BCUT2D eigenvalue weighted by Crippen LogP contribution is 2.26. The highest BCUT2D eigenvalue weighted by Gasteiger charge is 2.17. The number of hydrogen-bond donors (Lipinski definition) is 1. The van der Waals surface area contributed by atoms with Gasteiger partial charge in [0.05, 0.1) is 12.4 Å². The van der Waals surface area contributed by atoms with Gasteiger partial charge in [-0.15, -0.1) is 11.3 Å². The Bertz CT molecular complexity index is 1220. The molecule has 0 radical (unpaired) electrons. The van der Waals surface area contributed by atoms with E-state index in [1.165, 1.54) is 20.6 Å². The highest BCUT2D eigenvalue weighted by molar-refractivity contribution is 7.12. The third kappa shape index (κ3) is 3.14. The second-order valence-corrected chi connectivity index (χ2v) is 8.07. The molecule has 27 heavy (non-hydrogen) atoms. The summed E-state index contributed by atoms with van der Waals surface area (Å²) < 4.78 is 6.92. The van der Waals surface area contributed by atoms with Crippen molar-refractivity contribution in [3.8, 4) is 0 Å². The lowest BCUT2D eigenvalue weighted by Gasteiger charge is -2.14. The van der Waals surface area contributed by atoms with Crippen molar-refractivity contribution >= 4 is 39.3 Å². The lowest BCUT2D eigenvalue weighted by atomic mass is 10.1. The molecule has 1 atom stereocenters. The summed E-state index contributed by atoms with van der Waals surface area (Å²) in [6.45, 7) is 5.92. The fourth-order valence-corrected chi connectivity index (χ4v) is 4.35. The smallest absolute Gasteiger partial charge is 0.297 e. The predicted octanol–water partition coefficient (Wildman–Crippen LogP) is 3.70. The first-order valence-corrected chi connectivity index (χ1v) is 9.48. The average Bonchev–Trinajstić information content (AvgIpc) is 3.17. The molecule has 138 valence electrons. The van der Waals surface area contributed by atoms with E-state index in [-0.39, 0.29) is 29.6 Å². The summed E-state index contributed by atoms with van der Waals surface area (Å²) in [4.78, 5) is 31.9. The first kappa shape index (κ1) is 17.5. The van der Waals surface area contributed by atoms with Crippen LogP contribution in [0, 0.1) is 13.8 Å². The van der Waals surface area contributed by atoms with E-state index in [0.29, 0.717) is 11.1 Å². The molecule has 0 saturated heterocycles. The molecule has 0 saturated carbocycles. The average molecular weight is 381 g/mol. The molecule has 0 fully saturated rings. The molecule has 0 aliphatic heterocycles. The van der Waals surface area contributed by atoms with Crippen LogP contribution in [0.1, 0.15) is 28.3 Å². The molecule has 4 aromatic rings. The van der Waals surface area contributed by atoms with E-state index in [4.69, 9.17) is 4.42 Å². The van der Waals surface area contributed by atoms with Gasteiger partial charge in [0.25, 0.3) is 5.56 Å². The minimum absolute atomic E-state index is 0.106. The van der Waals surface area contributed by atoms with Crippen LogP contribution in [0.4, 0.5) is 0 Å². The van der Waals surface area contributed by atoms with E-state index in [2.05, 4.69) is 16.4 Å². The van der Waals surface area contributed by atoms with Gasteiger partial charge in [-0.2, -0.15) is 0 Å². The maximum absolute atomic E-state index is 12.7. The molecule has 6 nitrogen and oxygen atoms in total. The van der Waals surface area contributed by atoms with Crippen molar-refractivity contribution in [2.24, 2.45) is 0 Å². The molecule has 0 spiro atoms. The molecule has 0 aliphatic rings. The van der Waals surface area contributed by atoms with Crippen molar-refractivity contribution in [2.75, 3.05) is 0 Å². The summed E-state index contributed by atoms with van der Waals surface area (Å²) in [6, 6.07) is 9.32. The molecule has 1 amide bonds. The van der Waals surface area contributed by atoms with Gasteiger partial charge in [-0.25, -0.2) is 4.98 Å². The summed E-state index contributed by atoms with van der Waals surface area (Å²) in [6.07, 6.45) is 1.40. The van der Waals surface area contributed by atoms with Gasteiger partial charge in [0.2, 0.25) is 11.5 Å². The van der Waals surface area contributed by atoms with E-state index < -0.39 is 0 Å². The van der Waals surface area contributed by atoms with Crippen LogP contribution in [-0.4, -0.2) is 15.5 Å². The third-order valence-electron chi connectivity index (χ3n) is 4.59. The van der Waals surface area contributed by atoms with Crippen LogP contribution in [0.2, 0.25) is 0 Å².